The first-order chi connectivity index (χ1) is 16.4. The van der Waals surface area contributed by atoms with Crippen molar-refractivity contribution in [3.05, 3.63) is 70.7 Å². The van der Waals surface area contributed by atoms with Gasteiger partial charge >= 0.3 is 5.97 Å². The molecule has 5 rings (SSSR count). The van der Waals surface area contributed by atoms with Crippen LogP contribution in [-0.4, -0.2) is 37.5 Å². The van der Waals surface area contributed by atoms with E-state index in [4.69, 9.17) is 22.4 Å². The van der Waals surface area contributed by atoms with Gasteiger partial charge in [-0.2, -0.15) is 0 Å². The Balaban J connectivity index is 1.37. The molecule has 10 heteroatoms. The van der Waals surface area contributed by atoms with Gasteiger partial charge in [-0.3, -0.25) is 9.36 Å². The molecule has 0 saturated heterocycles. The zero-order valence-corrected chi connectivity index (χ0v) is 19.4. The standard InChI is InChI=1S/C24H20ClN5O3S/c25-18-11-14(22(32)33)7-9-19(18)27-21(31)12-34-24-29-28-23(26)30(24)20-10-8-15(13-5-6-13)16-3-1-2-4-17(16)20/h1-4,7-11,13H,5-6,12H2,(H2,26,28)(H,27,31)(H,32,33). The van der Waals surface area contributed by atoms with Crippen molar-refractivity contribution >= 4 is 57.6 Å². The number of carbonyl (C=O) groups is 2. The van der Waals surface area contributed by atoms with Gasteiger partial charge in [-0.1, -0.05) is 53.7 Å². The molecule has 1 aromatic heterocycles. The summed E-state index contributed by atoms with van der Waals surface area (Å²) in [6, 6.07) is 16.5. The van der Waals surface area contributed by atoms with Crippen LogP contribution in [0.5, 0.6) is 0 Å². The first-order valence-corrected chi connectivity index (χ1v) is 12.0. The fraction of sp³-hybridized carbons (Fsp3) is 0.167. The molecule has 0 bridgehead atoms. The Labute approximate surface area is 204 Å². The van der Waals surface area contributed by atoms with E-state index in [-0.39, 0.29) is 28.2 Å². The van der Waals surface area contributed by atoms with Crippen LogP contribution >= 0.6 is 23.4 Å². The molecule has 1 fully saturated rings. The quantitative estimate of drug-likeness (QED) is 0.311. The van der Waals surface area contributed by atoms with Gasteiger partial charge in [0, 0.05) is 5.39 Å². The molecule has 1 aliphatic carbocycles. The molecule has 4 aromatic rings. The van der Waals surface area contributed by atoms with Gasteiger partial charge in [0.05, 0.1) is 27.7 Å². The molecule has 3 aromatic carbocycles. The molecule has 0 spiro atoms. The van der Waals surface area contributed by atoms with E-state index in [9.17, 15) is 9.59 Å². The van der Waals surface area contributed by atoms with Crippen LogP contribution in [0.3, 0.4) is 0 Å². The minimum absolute atomic E-state index is 0.0350. The monoisotopic (exact) mass is 493 g/mol. The number of aromatic nitrogens is 3. The van der Waals surface area contributed by atoms with Crippen molar-refractivity contribution in [1.82, 2.24) is 14.8 Å². The molecule has 1 saturated carbocycles. The van der Waals surface area contributed by atoms with Crippen molar-refractivity contribution in [2.75, 3.05) is 16.8 Å². The van der Waals surface area contributed by atoms with Gasteiger partial charge in [0.2, 0.25) is 11.9 Å². The Morgan fingerprint density at radius 2 is 1.88 bits per heavy atom. The number of carbonyl (C=O) groups excluding carboxylic acids is 1. The topological polar surface area (TPSA) is 123 Å². The minimum Gasteiger partial charge on any atom is -0.478 e. The summed E-state index contributed by atoms with van der Waals surface area (Å²) in [7, 11) is 0. The molecule has 34 heavy (non-hydrogen) atoms. The Hall–Kier alpha value is -3.56. The molecule has 4 N–H and O–H groups in total. The van der Waals surface area contributed by atoms with Crippen LogP contribution in [0.4, 0.5) is 11.6 Å². The van der Waals surface area contributed by atoms with Crippen LogP contribution in [0.2, 0.25) is 5.02 Å². The van der Waals surface area contributed by atoms with Crippen molar-refractivity contribution < 1.29 is 14.7 Å². The Bertz CT molecular complexity index is 1430. The summed E-state index contributed by atoms with van der Waals surface area (Å²) in [4.78, 5) is 23.6. The van der Waals surface area contributed by atoms with Crippen LogP contribution < -0.4 is 11.1 Å². The number of nitrogens with zero attached hydrogens (tertiary/aromatic N) is 3. The second-order valence-electron chi connectivity index (χ2n) is 8.01. The van der Waals surface area contributed by atoms with Crippen LogP contribution in [0.15, 0.2) is 59.8 Å². The number of benzene rings is 3. The maximum absolute atomic E-state index is 12.6. The summed E-state index contributed by atoms with van der Waals surface area (Å²) >= 11 is 7.31. The number of nitrogens with one attached hydrogen (secondary N) is 1. The largest absolute Gasteiger partial charge is 0.478 e. The lowest BCUT2D eigenvalue weighted by atomic mass is 9.99. The normalized spacial score (nSPS) is 13.2. The van der Waals surface area contributed by atoms with E-state index in [2.05, 4.69) is 33.7 Å². The van der Waals surface area contributed by atoms with Crippen molar-refractivity contribution in [2.24, 2.45) is 0 Å². The molecule has 0 aliphatic heterocycles. The second-order valence-corrected chi connectivity index (χ2v) is 9.36. The molecule has 0 atom stereocenters. The van der Waals surface area contributed by atoms with Gasteiger partial charge in [-0.15, -0.1) is 10.2 Å². The van der Waals surface area contributed by atoms with Gasteiger partial charge in [-0.05, 0) is 54.0 Å². The SMILES string of the molecule is Nc1nnc(SCC(=O)Nc2ccc(C(=O)O)cc2Cl)n1-c1ccc(C2CC2)c2ccccc12. The fourth-order valence-corrected chi connectivity index (χ4v) is 4.90. The van der Waals surface area contributed by atoms with Crippen LogP contribution in [0.1, 0.15) is 34.7 Å². The molecule has 8 nitrogen and oxygen atoms in total. The van der Waals surface area contributed by atoms with Crippen molar-refractivity contribution in [2.45, 2.75) is 23.9 Å². The number of hydrogen-bond donors (Lipinski definition) is 3. The van der Waals surface area contributed by atoms with Gasteiger partial charge in [0.25, 0.3) is 0 Å². The molecule has 0 radical (unpaired) electrons. The van der Waals surface area contributed by atoms with Crippen molar-refractivity contribution in [3.63, 3.8) is 0 Å². The van der Waals surface area contributed by atoms with E-state index in [1.54, 1.807) is 4.57 Å². The highest BCUT2D eigenvalue weighted by Crippen LogP contribution is 2.44. The predicted octanol–water partition coefficient (Wildman–Crippen LogP) is 4.96. The summed E-state index contributed by atoms with van der Waals surface area (Å²) in [6.07, 6.45) is 2.41. The van der Waals surface area contributed by atoms with E-state index in [1.807, 2.05) is 18.2 Å². The number of thioether (sulfide) groups is 1. The van der Waals surface area contributed by atoms with Gasteiger partial charge in [-0.25, -0.2) is 4.79 Å². The van der Waals surface area contributed by atoms with Crippen LogP contribution in [0.25, 0.3) is 16.5 Å². The van der Waals surface area contributed by atoms with E-state index < -0.39 is 5.97 Å². The number of hydrogen-bond acceptors (Lipinski definition) is 6. The van der Waals surface area contributed by atoms with E-state index in [0.717, 1.165) is 11.1 Å². The molecular formula is C24H20ClN5O3S. The first-order valence-electron chi connectivity index (χ1n) is 10.6. The smallest absolute Gasteiger partial charge is 0.335 e. The zero-order valence-electron chi connectivity index (χ0n) is 17.9. The molecule has 1 amide bonds. The summed E-state index contributed by atoms with van der Waals surface area (Å²) in [5, 5.41) is 22.8. The lowest BCUT2D eigenvalue weighted by Crippen LogP contribution is -2.15. The van der Waals surface area contributed by atoms with Gasteiger partial charge < -0.3 is 16.2 Å². The lowest BCUT2D eigenvalue weighted by molar-refractivity contribution is -0.113. The number of nitrogen functional groups attached to an aromatic ring is 1. The highest BCUT2D eigenvalue weighted by Gasteiger charge is 2.26. The van der Waals surface area contributed by atoms with Crippen LogP contribution in [0, 0.1) is 0 Å². The Morgan fingerprint density at radius 3 is 2.59 bits per heavy atom. The zero-order chi connectivity index (χ0) is 23.8. The molecule has 0 unspecified atom stereocenters. The summed E-state index contributed by atoms with van der Waals surface area (Å²) in [5.74, 6) is -0.541. The molecule has 1 heterocycles. The van der Waals surface area contributed by atoms with Gasteiger partial charge in [0.1, 0.15) is 0 Å². The third kappa shape index (κ3) is 4.32. The Morgan fingerprint density at radius 1 is 1.12 bits per heavy atom. The summed E-state index contributed by atoms with van der Waals surface area (Å²) in [5.41, 5.74) is 8.75. The predicted molar refractivity (Wildman–Crippen MR) is 133 cm³/mol. The first kappa shape index (κ1) is 22.2. The van der Waals surface area contributed by atoms with E-state index in [0.29, 0.717) is 16.8 Å². The highest BCUT2D eigenvalue weighted by atomic mass is 35.5. The number of amides is 1. The number of carboxylic acid groups (broad SMARTS) is 1. The number of halogens is 1. The summed E-state index contributed by atoms with van der Waals surface area (Å²) < 4.78 is 1.76. The third-order valence-corrected chi connectivity index (χ3v) is 6.92. The maximum atomic E-state index is 12.6. The van der Waals surface area contributed by atoms with E-state index in [1.165, 1.54) is 53.8 Å². The third-order valence-electron chi connectivity index (χ3n) is 5.67. The second kappa shape index (κ2) is 9.00. The van der Waals surface area contributed by atoms with Crippen molar-refractivity contribution in [3.8, 4) is 5.69 Å². The number of aromatic carboxylic acids is 1. The molecule has 172 valence electrons. The fourth-order valence-electron chi connectivity index (χ4n) is 3.92. The van der Waals surface area contributed by atoms with E-state index >= 15 is 0 Å². The molecule has 1 aliphatic rings. The van der Waals surface area contributed by atoms with Crippen LogP contribution in [-0.2, 0) is 4.79 Å². The van der Waals surface area contributed by atoms with Crippen molar-refractivity contribution in [1.29, 1.82) is 0 Å². The Kier molecular flexibility index (Phi) is 5.89. The average molecular weight is 494 g/mol. The maximum Gasteiger partial charge on any atom is 0.335 e. The average Bonchev–Trinajstić information content (AvgIpc) is 3.61. The number of carboxylic acids is 1. The number of fused-ring (bicyclic) bond motifs is 1. The minimum atomic E-state index is -1.09. The lowest BCUT2D eigenvalue weighted by Gasteiger charge is -2.14. The molecular weight excluding hydrogens is 474 g/mol. The highest BCUT2D eigenvalue weighted by molar-refractivity contribution is 7.99. The number of anilines is 2. The van der Waals surface area contributed by atoms with Gasteiger partial charge in [0.15, 0.2) is 5.16 Å². The number of nitrogens with two attached hydrogens (primary N) is 1. The summed E-state index contributed by atoms with van der Waals surface area (Å²) in [6.45, 7) is 0. The number of rotatable bonds is 7.